The minimum atomic E-state index is 0.799. The lowest BCUT2D eigenvalue weighted by Gasteiger charge is -2.25. The highest BCUT2D eigenvalue weighted by Crippen LogP contribution is 2.38. The third kappa shape index (κ3) is 6.80. The van der Waals surface area contributed by atoms with Gasteiger partial charge in [0, 0.05) is 65.4 Å². The molecule has 4 aromatic heterocycles. The van der Waals surface area contributed by atoms with Crippen molar-refractivity contribution in [2.45, 2.75) is 27.7 Å². The third-order valence-electron chi connectivity index (χ3n) is 10.6. The number of pyridine rings is 2. The van der Waals surface area contributed by atoms with E-state index in [0.717, 1.165) is 51.2 Å². The maximum Gasteiger partial charge on any atom is 0.146 e. The van der Waals surface area contributed by atoms with Crippen molar-refractivity contribution in [3.63, 3.8) is 0 Å². The predicted octanol–water partition coefficient (Wildman–Crippen LogP) is 12.2. The SMILES string of the molecule is Cc1cccc(C)c1-c1cccc(-n2ccnc2-c2cncc(N(c3ccccc3)c3cncc(-c4nccn4-c4cccc(-c5c(C)cccc5C)c4)c3)c2)c1. The lowest BCUT2D eigenvalue weighted by Crippen LogP contribution is -2.11. The summed E-state index contributed by atoms with van der Waals surface area (Å²) >= 11 is 0. The second-order valence-corrected chi connectivity index (χ2v) is 14.4. The molecule has 0 saturated carbocycles. The molecule has 57 heavy (non-hydrogen) atoms. The number of nitrogens with zero attached hydrogens (tertiary/aromatic N) is 7. The predicted molar refractivity (Wildman–Crippen MR) is 232 cm³/mol. The van der Waals surface area contributed by atoms with E-state index in [1.807, 2.05) is 67.8 Å². The highest BCUT2D eigenvalue weighted by atomic mass is 15.2. The summed E-state index contributed by atoms with van der Waals surface area (Å²) in [5, 5.41) is 0. The summed E-state index contributed by atoms with van der Waals surface area (Å²) in [6.45, 7) is 8.66. The van der Waals surface area contributed by atoms with Crippen molar-refractivity contribution in [2.24, 2.45) is 0 Å². The highest BCUT2D eigenvalue weighted by molar-refractivity contribution is 5.81. The van der Waals surface area contributed by atoms with E-state index in [9.17, 15) is 0 Å². The topological polar surface area (TPSA) is 64.7 Å². The molecular weight excluding hydrogens is 699 g/mol. The zero-order chi connectivity index (χ0) is 38.9. The number of imidazole rings is 2. The van der Waals surface area contributed by atoms with Crippen LogP contribution in [0.2, 0.25) is 0 Å². The molecule has 0 spiro atoms. The van der Waals surface area contributed by atoms with Gasteiger partial charge in [0.15, 0.2) is 0 Å². The van der Waals surface area contributed by atoms with Crippen LogP contribution in [0.25, 0.3) is 56.4 Å². The van der Waals surface area contributed by atoms with Crippen LogP contribution in [-0.4, -0.2) is 29.1 Å². The molecular formula is C50H41N7. The Morgan fingerprint density at radius 2 is 0.842 bits per heavy atom. The van der Waals surface area contributed by atoms with Crippen LogP contribution in [0, 0.1) is 27.7 Å². The van der Waals surface area contributed by atoms with Gasteiger partial charge in [-0.3, -0.25) is 19.1 Å². The Hall–Kier alpha value is -7.38. The number of benzene rings is 5. The molecule has 0 aliphatic rings. The molecule has 0 saturated heterocycles. The van der Waals surface area contributed by atoms with E-state index < -0.39 is 0 Å². The van der Waals surface area contributed by atoms with E-state index in [0.29, 0.717) is 0 Å². The van der Waals surface area contributed by atoms with Gasteiger partial charge in [-0.2, -0.15) is 0 Å². The fraction of sp³-hybridized carbons (Fsp3) is 0.0800. The first-order valence-corrected chi connectivity index (χ1v) is 19.1. The van der Waals surface area contributed by atoms with Gasteiger partial charge >= 0.3 is 0 Å². The van der Waals surface area contributed by atoms with Gasteiger partial charge in [-0.1, -0.05) is 78.9 Å². The summed E-state index contributed by atoms with van der Waals surface area (Å²) in [6.07, 6.45) is 15.2. The second kappa shape index (κ2) is 15.0. The molecule has 9 aromatic rings. The number of aromatic nitrogens is 6. The van der Waals surface area contributed by atoms with Crippen molar-refractivity contribution in [1.82, 2.24) is 29.1 Å². The molecule has 4 heterocycles. The molecule has 0 aliphatic carbocycles. The molecule has 0 amide bonds. The summed E-state index contributed by atoms with van der Waals surface area (Å²) in [5.41, 5.74) is 16.4. The van der Waals surface area contributed by atoms with E-state index in [1.54, 1.807) is 0 Å². The van der Waals surface area contributed by atoms with E-state index in [4.69, 9.17) is 19.9 Å². The Bertz CT molecular complexity index is 2650. The number of hydrogen-bond donors (Lipinski definition) is 0. The quantitative estimate of drug-likeness (QED) is 0.147. The normalized spacial score (nSPS) is 11.2. The third-order valence-corrected chi connectivity index (χ3v) is 10.6. The molecule has 7 heteroatoms. The average molecular weight is 740 g/mol. The van der Waals surface area contributed by atoms with Crippen molar-refractivity contribution in [3.8, 4) is 56.4 Å². The van der Waals surface area contributed by atoms with Crippen LogP contribution in [0.3, 0.4) is 0 Å². The zero-order valence-electron chi connectivity index (χ0n) is 32.4. The largest absolute Gasteiger partial charge is 0.307 e. The summed E-state index contributed by atoms with van der Waals surface area (Å²) in [7, 11) is 0. The molecule has 0 bridgehead atoms. The van der Waals surface area contributed by atoms with Crippen molar-refractivity contribution in [3.05, 3.63) is 199 Å². The molecule has 7 nitrogen and oxygen atoms in total. The van der Waals surface area contributed by atoms with Gasteiger partial charge < -0.3 is 4.90 Å². The summed E-state index contributed by atoms with van der Waals surface area (Å²) < 4.78 is 4.25. The van der Waals surface area contributed by atoms with Crippen LogP contribution in [0.1, 0.15) is 22.3 Å². The minimum absolute atomic E-state index is 0.799. The van der Waals surface area contributed by atoms with Gasteiger partial charge in [-0.15, -0.1) is 0 Å². The first-order valence-electron chi connectivity index (χ1n) is 19.1. The average Bonchev–Trinajstić information content (AvgIpc) is 3.94. The number of rotatable bonds is 9. The molecule has 0 aliphatic heterocycles. The Morgan fingerprint density at radius 3 is 1.30 bits per heavy atom. The Labute approximate surface area is 333 Å². The molecule has 276 valence electrons. The van der Waals surface area contributed by atoms with Crippen LogP contribution in [0.15, 0.2) is 177 Å². The fourth-order valence-electron chi connectivity index (χ4n) is 7.98. The fourth-order valence-corrected chi connectivity index (χ4v) is 7.98. The van der Waals surface area contributed by atoms with Crippen molar-refractivity contribution in [1.29, 1.82) is 0 Å². The van der Waals surface area contributed by atoms with Gasteiger partial charge in [0.25, 0.3) is 0 Å². The van der Waals surface area contributed by atoms with Gasteiger partial charge in [0.05, 0.1) is 23.8 Å². The first kappa shape index (κ1) is 35.3. The van der Waals surface area contributed by atoms with Crippen molar-refractivity contribution >= 4 is 17.1 Å². The standard InChI is InChI=1S/C50H41N7/c1-34-12-8-13-35(2)47(34)38-16-10-20-43(26-38)55-24-22-53-49(55)40-28-45(32-51-30-40)57(42-18-6-5-7-19-42)46-29-41(31-52-33-46)50-54-23-25-56(50)44-21-11-17-39(27-44)48-36(3)14-9-15-37(48)4/h5-33H,1-4H3. The molecule has 5 aromatic carbocycles. The van der Waals surface area contributed by atoms with Crippen LogP contribution in [0.5, 0.6) is 0 Å². The lowest BCUT2D eigenvalue weighted by molar-refractivity contribution is 1.06. The smallest absolute Gasteiger partial charge is 0.146 e. The van der Waals surface area contributed by atoms with Gasteiger partial charge in [0.2, 0.25) is 0 Å². The van der Waals surface area contributed by atoms with Crippen LogP contribution < -0.4 is 4.90 Å². The Morgan fingerprint density at radius 1 is 0.404 bits per heavy atom. The van der Waals surface area contributed by atoms with E-state index in [-0.39, 0.29) is 0 Å². The number of para-hydroxylation sites is 1. The van der Waals surface area contributed by atoms with Crippen molar-refractivity contribution < 1.29 is 0 Å². The monoisotopic (exact) mass is 739 g/mol. The van der Waals surface area contributed by atoms with Gasteiger partial charge in [0.1, 0.15) is 11.6 Å². The van der Waals surface area contributed by atoms with E-state index >= 15 is 0 Å². The van der Waals surface area contributed by atoms with Crippen LogP contribution in [-0.2, 0) is 0 Å². The number of hydrogen-bond acceptors (Lipinski definition) is 5. The van der Waals surface area contributed by atoms with Gasteiger partial charge in [-0.25, -0.2) is 9.97 Å². The molecule has 9 rings (SSSR count). The van der Waals surface area contributed by atoms with Crippen molar-refractivity contribution in [2.75, 3.05) is 4.90 Å². The molecule has 0 radical (unpaired) electrons. The Balaban J connectivity index is 1.09. The van der Waals surface area contributed by atoms with E-state index in [1.165, 1.54) is 44.5 Å². The lowest BCUT2D eigenvalue weighted by atomic mass is 9.95. The van der Waals surface area contributed by atoms with Gasteiger partial charge in [-0.05, 0) is 121 Å². The van der Waals surface area contributed by atoms with Crippen LogP contribution >= 0.6 is 0 Å². The zero-order valence-corrected chi connectivity index (χ0v) is 32.4. The molecule has 0 fully saturated rings. The maximum atomic E-state index is 4.85. The maximum absolute atomic E-state index is 4.85. The van der Waals surface area contributed by atoms with E-state index in [2.05, 4.69) is 151 Å². The second-order valence-electron chi connectivity index (χ2n) is 14.4. The molecule has 0 N–H and O–H groups in total. The molecule has 0 unspecified atom stereocenters. The summed E-state index contributed by atoms with van der Waals surface area (Å²) in [5.74, 6) is 1.60. The highest BCUT2D eigenvalue weighted by Gasteiger charge is 2.19. The summed E-state index contributed by atoms with van der Waals surface area (Å²) in [4.78, 5) is 21.4. The summed E-state index contributed by atoms with van der Waals surface area (Å²) in [6, 6.07) is 44.7. The minimum Gasteiger partial charge on any atom is -0.307 e. The first-order chi connectivity index (χ1) is 27.9. The Kier molecular flexibility index (Phi) is 9.32. The number of anilines is 3. The molecule has 0 atom stereocenters. The van der Waals surface area contributed by atoms with Crippen LogP contribution in [0.4, 0.5) is 17.1 Å². The number of aryl methyl sites for hydroxylation is 4.